The van der Waals surface area contributed by atoms with Gasteiger partial charge in [-0.1, -0.05) is 29.7 Å². The van der Waals surface area contributed by atoms with Crippen LogP contribution in [0.15, 0.2) is 48.5 Å². The Morgan fingerprint density at radius 3 is 2.68 bits per heavy atom. The van der Waals surface area contributed by atoms with E-state index in [1.165, 1.54) is 0 Å². The molecule has 0 atom stereocenters. The molecule has 0 spiro atoms. The normalized spacial score (nSPS) is 12.5. The molecule has 0 saturated carbocycles. The summed E-state index contributed by atoms with van der Waals surface area (Å²) in [5.74, 6) is 7.19. The summed E-state index contributed by atoms with van der Waals surface area (Å²) in [5.41, 5.74) is 1.85. The Hall–Kier alpha value is -3.61. The van der Waals surface area contributed by atoms with Crippen molar-refractivity contribution in [3.63, 3.8) is 0 Å². The van der Waals surface area contributed by atoms with Gasteiger partial charge in [-0.2, -0.15) is 5.26 Å². The Balaban J connectivity index is 1.53. The predicted molar refractivity (Wildman–Crippen MR) is 103 cm³/mol. The van der Waals surface area contributed by atoms with Gasteiger partial charge in [0, 0.05) is 29.2 Å². The minimum Gasteiger partial charge on any atom is -0.329 e. The maximum atomic E-state index is 12.7. The number of carbonyl (C=O) groups is 1. The molecular formula is C21H14ClN5O. The van der Waals surface area contributed by atoms with E-state index >= 15 is 0 Å². The van der Waals surface area contributed by atoms with Gasteiger partial charge in [0.15, 0.2) is 5.82 Å². The van der Waals surface area contributed by atoms with E-state index in [1.54, 1.807) is 47.4 Å². The highest BCUT2D eigenvalue weighted by atomic mass is 35.5. The Kier molecular flexibility index (Phi) is 4.80. The second-order valence-corrected chi connectivity index (χ2v) is 6.71. The second-order valence-electron chi connectivity index (χ2n) is 6.27. The van der Waals surface area contributed by atoms with E-state index in [0.717, 1.165) is 5.56 Å². The Morgan fingerprint density at radius 1 is 1.04 bits per heavy atom. The Bertz CT molecular complexity index is 1170. The quantitative estimate of drug-likeness (QED) is 0.602. The highest BCUT2D eigenvalue weighted by molar-refractivity contribution is 6.30. The molecule has 0 saturated heterocycles. The lowest BCUT2D eigenvalue weighted by Crippen LogP contribution is -2.38. The number of nitrogens with zero attached hydrogens (tertiary/aromatic N) is 5. The molecular weight excluding hydrogens is 374 g/mol. The summed E-state index contributed by atoms with van der Waals surface area (Å²) in [6.07, 6.45) is 0. The number of hydrogen-bond donors (Lipinski definition) is 0. The molecule has 136 valence electrons. The zero-order valence-electron chi connectivity index (χ0n) is 14.8. The van der Waals surface area contributed by atoms with E-state index in [0.29, 0.717) is 47.4 Å². The molecule has 0 fully saturated rings. The van der Waals surface area contributed by atoms with Gasteiger partial charge in [0.2, 0.25) is 5.82 Å². The number of halogens is 1. The highest BCUT2D eigenvalue weighted by Gasteiger charge is 2.24. The van der Waals surface area contributed by atoms with Gasteiger partial charge in [-0.15, -0.1) is 10.2 Å². The molecule has 0 bridgehead atoms. The minimum absolute atomic E-state index is 0.0855. The van der Waals surface area contributed by atoms with Crippen LogP contribution in [0, 0.1) is 23.2 Å². The molecule has 1 aromatic heterocycles. The van der Waals surface area contributed by atoms with Gasteiger partial charge < -0.3 is 9.47 Å². The number of fused-ring (bicyclic) bond motifs is 1. The molecule has 2 heterocycles. The largest absolute Gasteiger partial charge is 0.329 e. The molecule has 28 heavy (non-hydrogen) atoms. The maximum Gasteiger partial charge on any atom is 0.254 e. The van der Waals surface area contributed by atoms with Crippen molar-refractivity contribution in [2.75, 3.05) is 6.54 Å². The zero-order chi connectivity index (χ0) is 19.5. The molecule has 0 unspecified atom stereocenters. The third-order valence-corrected chi connectivity index (χ3v) is 4.66. The minimum atomic E-state index is -0.0855. The maximum absolute atomic E-state index is 12.7. The Labute approximate surface area is 167 Å². The van der Waals surface area contributed by atoms with E-state index in [9.17, 15) is 4.79 Å². The molecule has 0 aliphatic carbocycles. The van der Waals surface area contributed by atoms with Gasteiger partial charge in [-0.05, 0) is 42.3 Å². The van der Waals surface area contributed by atoms with Crippen molar-refractivity contribution in [3.8, 4) is 17.9 Å². The van der Waals surface area contributed by atoms with E-state index < -0.39 is 0 Å². The SMILES string of the molecule is N#Cc1cccc(C#Cc2nnc3n2CCN(C(=O)c2cccc(Cl)c2)C3)c1. The lowest BCUT2D eigenvalue weighted by molar-refractivity contribution is 0.0707. The van der Waals surface area contributed by atoms with Crippen molar-refractivity contribution in [2.45, 2.75) is 13.1 Å². The molecule has 1 aliphatic heterocycles. The van der Waals surface area contributed by atoms with E-state index in [4.69, 9.17) is 16.9 Å². The first kappa shape index (κ1) is 17.8. The lowest BCUT2D eigenvalue weighted by Gasteiger charge is -2.27. The van der Waals surface area contributed by atoms with Crippen LogP contribution in [0.5, 0.6) is 0 Å². The van der Waals surface area contributed by atoms with Crippen molar-refractivity contribution < 1.29 is 4.79 Å². The number of amides is 1. The summed E-state index contributed by atoms with van der Waals surface area (Å²) in [7, 11) is 0. The number of aromatic nitrogens is 3. The second kappa shape index (κ2) is 7.56. The summed E-state index contributed by atoms with van der Waals surface area (Å²) in [5, 5.41) is 17.8. The molecule has 1 amide bonds. The van der Waals surface area contributed by atoms with Crippen molar-refractivity contribution >= 4 is 17.5 Å². The summed E-state index contributed by atoms with van der Waals surface area (Å²) < 4.78 is 1.92. The average molecular weight is 388 g/mol. The molecule has 4 rings (SSSR count). The standard InChI is InChI=1S/C21H14ClN5O/c22-18-6-2-5-17(12-18)21(28)26-9-10-27-19(24-25-20(27)14-26)8-7-15-3-1-4-16(11-15)13-23/h1-6,11-12H,9-10,14H2. The molecule has 0 N–H and O–H groups in total. The van der Waals surface area contributed by atoms with E-state index in [2.05, 4.69) is 28.1 Å². The van der Waals surface area contributed by atoms with Crippen LogP contribution in [0.1, 0.15) is 33.1 Å². The summed E-state index contributed by atoms with van der Waals surface area (Å²) in [4.78, 5) is 14.4. The number of hydrogen-bond acceptors (Lipinski definition) is 4. The van der Waals surface area contributed by atoms with Crippen LogP contribution in [0.4, 0.5) is 0 Å². The fourth-order valence-corrected chi connectivity index (χ4v) is 3.21. The van der Waals surface area contributed by atoms with E-state index in [1.807, 2.05) is 10.6 Å². The predicted octanol–water partition coefficient (Wildman–Crippen LogP) is 2.86. The molecule has 3 aromatic rings. The molecule has 7 heteroatoms. The monoisotopic (exact) mass is 387 g/mol. The fourth-order valence-electron chi connectivity index (χ4n) is 3.02. The third-order valence-electron chi connectivity index (χ3n) is 4.42. The van der Waals surface area contributed by atoms with Gasteiger partial charge in [-0.3, -0.25) is 4.79 Å². The number of carbonyl (C=O) groups excluding carboxylic acids is 1. The van der Waals surface area contributed by atoms with Crippen molar-refractivity contribution in [3.05, 3.63) is 81.9 Å². The third kappa shape index (κ3) is 3.59. The van der Waals surface area contributed by atoms with Crippen LogP contribution in [-0.2, 0) is 13.1 Å². The van der Waals surface area contributed by atoms with Crippen LogP contribution in [-0.4, -0.2) is 32.1 Å². The van der Waals surface area contributed by atoms with Crippen molar-refractivity contribution in [2.24, 2.45) is 0 Å². The van der Waals surface area contributed by atoms with Gasteiger partial charge in [0.1, 0.15) is 0 Å². The van der Waals surface area contributed by atoms with Gasteiger partial charge >= 0.3 is 0 Å². The number of rotatable bonds is 1. The first-order valence-corrected chi connectivity index (χ1v) is 9.01. The smallest absolute Gasteiger partial charge is 0.254 e. The number of benzene rings is 2. The lowest BCUT2D eigenvalue weighted by atomic mass is 10.1. The molecule has 6 nitrogen and oxygen atoms in total. The van der Waals surface area contributed by atoms with Crippen LogP contribution in [0.3, 0.4) is 0 Å². The fraction of sp³-hybridized carbons (Fsp3) is 0.143. The summed E-state index contributed by atoms with van der Waals surface area (Å²) >= 11 is 5.99. The average Bonchev–Trinajstić information content (AvgIpc) is 3.14. The van der Waals surface area contributed by atoms with Crippen molar-refractivity contribution in [1.82, 2.24) is 19.7 Å². The van der Waals surface area contributed by atoms with Crippen LogP contribution in [0.2, 0.25) is 5.02 Å². The van der Waals surface area contributed by atoms with Crippen molar-refractivity contribution in [1.29, 1.82) is 5.26 Å². The van der Waals surface area contributed by atoms with Crippen LogP contribution >= 0.6 is 11.6 Å². The van der Waals surface area contributed by atoms with Gasteiger partial charge in [0.05, 0.1) is 18.2 Å². The van der Waals surface area contributed by atoms with Crippen LogP contribution < -0.4 is 0 Å². The molecule has 1 aliphatic rings. The van der Waals surface area contributed by atoms with Gasteiger partial charge in [0.25, 0.3) is 5.91 Å². The summed E-state index contributed by atoms with van der Waals surface area (Å²) in [6, 6.07) is 16.1. The Morgan fingerprint density at radius 2 is 1.86 bits per heavy atom. The molecule has 0 radical (unpaired) electrons. The van der Waals surface area contributed by atoms with E-state index in [-0.39, 0.29) is 5.91 Å². The van der Waals surface area contributed by atoms with Crippen LogP contribution in [0.25, 0.3) is 0 Å². The summed E-state index contributed by atoms with van der Waals surface area (Å²) in [6.45, 7) is 1.47. The first-order valence-electron chi connectivity index (χ1n) is 8.63. The zero-order valence-corrected chi connectivity index (χ0v) is 15.5. The van der Waals surface area contributed by atoms with Gasteiger partial charge in [-0.25, -0.2) is 0 Å². The highest BCUT2D eigenvalue weighted by Crippen LogP contribution is 2.17. The first-order chi connectivity index (χ1) is 13.6. The number of nitriles is 1. The topological polar surface area (TPSA) is 74.8 Å². The molecule has 2 aromatic carbocycles.